The van der Waals surface area contributed by atoms with Crippen LogP contribution in [0.15, 0.2) is 12.4 Å². The Hall–Kier alpha value is -1.85. The number of fused-ring (bicyclic) bond motifs is 2. The Labute approximate surface area is 174 Å². The molecule has 3 aliphatic rings. The highest BCUT2D eigenvalue weighted by Crippen LogP contribution is 2.54. The number of rotatable bonds is 6. The molecular weight excluding hydrogens is 364 g/mol. The predicted octanol–water partition coefficient (Wildman–Crippen LogP) is 3.39. The van der Waals surface area contributed by atoms with Crippen molar-refractivity contribution < 1.29 is 9.59 Å². The number of nitrogens with zero attached hydrogens (tertiary/aromatic N) is 4. The standard InChI is InChI=1S/C23H36N4O2/c1-17(2)9-10-23(22(29)25-12-5-4-6-13-25)15-19-7-8-20(23)27(19)21(28)16-26-14-11-24-18(26)3/h11,14,17,19-20H,4-10,12-13,15-16H2,1-3H3/t19-,20+,23+/m1/s1. The largest absolute Gasteiger partial charge is 0.342 e. The number of imidazole rings is 1. The summed E-state index contributed by atoms with van der Waals surface area (Å²) in [6.07, 6.45) is 11.9. The van der Waals surface area contributed by atoms with Gasteiger partial charge in [-0.15, -0.1) is 0 Å². The van der Waals surface area contributed by atoms with Crippen LogP contribution in [-0.4, -0.2) is 56.3 Å². The number of hydrogen-bond acceptors (Lipinski definition) is 3. The first-order valence-corrected chi connectivity index (χ1v) is 11.5. The number of likely N-dealkylation sites (tertiary alicyclic amines) is 1. The average molecular weight is 401 g/mol. The number of carbonyl (C=O) groups is 2. The number of hydrogen-bond donors (Lipinski definition) is 0. The van der Waals surface area contributed by atoms with Crippen LogP contribution < -0.4 is 0 Å². The van der Waals surface area contributed by atoms with E-state index in [0.717, 1.165) is 63.9 Å². The van der Waals surface area contributed by atoms with E-state index in [2.05, 4.69) is 28.6 Å². The van der Waals surface area contributed by atoms with Gasteiger partial charge < -0.3 is 14.4 Å². The van der Waals surface area contributed by atoms with E-state index in [1.807, 2.05) is 17.7 Å². The lowest BCUT2D eigenvalue weighted by Gasteiger charge is -2.41. The van der Waals surface area contributed by atoms with E-state index >= 15 is 0 Å². The van der Waals surface area contributed by atoms with Crippen molar-refractivity contribution in [1.29, 1.82) is 0 Å². The van der Waals surface area contributed by atoms with Gasteiger partial charge in [0.2, 0.25) is 11.8 Å². The summed E-state index contributed by atoms with van der Waals surface area (Å²) < 4.78 is 1.92. The molecule has 4 heterocycles. The van der Waals surface area contributed by atoms with Crippen LogP contribution >= 0.6 is 0 Å². The fraction of sp³-hybridized carbons (Fsp3) is 0.783. The molecule has 0 radical (unpaired) electrons. The van der Waals surface area contributed by atoms with E-state index in [0.29, 0.717) is 18.4 Å². The van der Waals surface area contributed by atoms with Gasteiger partial charge in [0.05, 0.1) is 5.41 Å². The molecule has 2 amide bonds. The first-order valence-electron chi connectivity index (χ1n) is 11.5. The molecule has 2 bridgehead atoms. The number of aryl methyl sites for hydroxylation is 1. The summed E-state index contributed by atoms with van der Waals surface area (Å²) in [6, 6.07) is 0.286. The molecule has 0 unspecified atom stereocenters. The molecule has 0 spiro atoms. The van der Waals surface area contributed by atoms with Crippen molar-refractivity contribution in [2.75, 3.05) is 13.1 Å². The van der Waals surface area contributed by atoms with Gasteiger partial charge in [-0.25, -0.2) is 4.98 Å². The zero-order chi connectivity index (χ0) is 20.6. The molecule has 6 heteroatoms. The zero-order valence-electron chi connectivity index (χ0n) is 18.3. The van der Waals surface area contributed by atoms with Crippen molar-refractivity contribution in [3.63, 3.8) is 0 Å². The normalized spacial score (nSPS) is 29.1. The molecule has 3 fully saturated rings. The minimum Gasteiger partial charge on any atom is -0.342 e. The van der Waals surface area contributed by atoms with E-state index in [9.17, 15) is 9.59 Å². The predicted molar refractivity (Wildman–Crippen MR) is 112 cm³/mol. The van der Waals surface area contributed by atoms with Crippen LogP contribution in [0.4, 0.5) is 0 Å². The second kappa shape index (κ2) is 8.11. The van der Waals surface area contributed by atoms with Gasteiger partial charge in [-0.05, 0) is 64.2 Å². The number of amides is 2. The highest BCUT2D eigenvalue weighted by Gasteiger charge is 2.61. The molecule has 1 aromatic heterocycles. The lowest BCUT2D eigenvalue weighted by atomic mass is 9.68. The third kappa shape index (κ3) is 3.71. The van der Waals surface area contributed by atoms with Crippen LogP contribution in [0, 0.1) is 18.3 Å². The summed E-state index contributed by atoms with van der Waals surface area (Å²) in [7, 11) is 0. The Kier molecular flexibility index (Phi) is 5.71. The van der Waals surface area contributed by atoms with Crippen LogP contribution in [0.25, 0.3) is 0 Å². The van der Waals surface area contributed by atoms with Gasteiger partial charge >= 0.3 is 0 Å². The fourth-order valence-electron chi connectivity index (χ4n) is 5.92. The van der Waals surface area contributed by atoms with Crippen molar-refractivity contribution in [1.82, 2.24) is 19.4 Å². The SMILES string of the molecule is Cc1nccn1CC(=O)N1[C@@H]2CC[C@H]1[C@@](CCC(C)C)(C(=O)N1CCCCC1)C2. The van der Waals surface area contributed by atoms with E-state index in [1.165, 1.54) is 6.42 Å². The van der Waals surface area contributed by atoms with E-state index in [4.69, 9.17) is 0 Å². The highest BCUT2D eigenvalue weighted by atomic mass is 16.2. The second-order valence-electron chi connectivity index (χ2n) is 9.80. The van der Waals surface area contributed by atoms with E-state index in [1.54, 1.807) is 6.20 Å². The van der Waals surface area contributed by atoms with Gasteiger partial charge in [-0.2, -0.15) is 0 Å². The third-order valence-corrected chi connectivity index (χ3v) is 7.49. The van der Waals surface area contributed by atoms with Gasteiger partial charge in [-0.1, -0.05) is 13.8 Å². The Morgan fingerprint density at radius 1 is 1.21 bits per heavy atom. The molecule has 0 N–H and O–H groups in total. The molecule has 6 nitrogen and oxygen atoms in total. The van der Waals surface area contributed by atoms with Gasteiger partial charge in [0, 0.05) is 37.6 Å². The van der Waals surface area contributed by atoms with Crippen molar-refractivity contribution in [3.8, 4) is 0 Å². The van der Waals surface area contributed by atoms with Crippen LogP contribution in [0.2, 0.25) is 0 Å². The quantitative estimate of drug-likeness (QED) is 0.735. The second-order valence-corrected chi connectivity index (χ2v) is 9.80. The van der Waals surface area contributed by atoms with Crippen LogP contribution in [0.3, 0.4) is 0 Å². The zero-order valence-corrected chi connectivity index (χ0v) is 18.3. The lowest BCUT2D eigenvalue weighted by Crippen LogP contribution is -2.53. The van der Waals surface area contributed by atoms with Crippen molar-refractivity contribution in [3.05, 3.63) is 18.2 Å². The molecule has 0 aromatic carbocycles. The summed E-state index contributed by atoms with van der Waals surface area (Å²) in [4.78, 5) is 35.6. The van der Waals surface area contributed by atoms with Crippen molar-refractivity contribution >= 4 is 11.8 Å². The Balaban J connectivity index is 1.58. The summed E-state index contributed by atoms with van der Waals surface area (Å²) in [5.74, 6) is 1.91. The van der Waals surface area contributed by atoms with Gasteiger partial charge in [0.25, 0.3) is 0 Å². The van der Waals surface area contributed by atoms with Crippen molar-refractivity contribution in [2.24, 2.45) is 11.3 Å². The monoisotopic (exact) mass is 400 g/mol. The molecule has 160 valence electrons. The first kappa shape index (κ1) is 20.4. The summed E-state index contributed by atoms with van der Waals surface area (Å²) in [5, 5.41) is 0. The van der Waals surface area contributed by atoms with Crippen molar-refractivity contribution in [2.45, 2.75) is 90.8 Å². The molecule has 0 aliphatic carbocycles. The molecule has 3 atom stereocenters. The van der Waals surface area contributed by atoms with Gasteiger partial charge in [-0.3, -0.25) is 9.59 Å². The number of piperidine rings is 1. The summed E-state index contributed by atoms with van der Waals surface area (Å²) in [6.45, 7) is 8.51. The molecule has 29 heavy (non-hydrogen) atoms. The van der Waals surface area contributed by atoms with Gasteiger partial charge in [0.15, 0.2) is 0 Å². The molecular formula is C23H36N4O2. The molecule has 4 rings (SSSR count). The van der Waals surface area contributed by atoms with Crippen LogP contribution in [0.5, 0.6) is 0 Å². The average Bonchev–Trinajstić information content (AvgIpc) is 3.40. The maximum Gasteiger partial charge on any atom is 0.243 e. The Morgan fingerprint density at radius 2 is 1.97 bits per heavy atom. The first-order chi connectivity index (χ1) is 13.9. The van der Waals surface area contributed by atoms with Crippen LogP contribution in [0.1, 0.15) is 71.0 Å². The third-order valence-electron chi connectivity index (χ3n) is 7.49. The minimum atomic E-state index is -0.371. The number of carbonyl (C=O) groups excluding carboxylic acids is 2. The Bertz CT molecular complexity index is 752. The highest BCUT2D eigenvalue weighted by molar-refractivity contribution is 5.87. The maximum atomic E-state index is 13.8. The Morgan fingerprint density at radius 3 is 2.62 bits per heavy atom. The smallest absolute Gasteiger partial charge is 0.243 e. The van der Waals surface area contributed by atoms with E-state index < -0.39 is 0 Å². The summed E-state index contributed by atoms with van der Waals surface area (Å²) >= 11 is 0. The summed E-state index contributed by atoms with van der Waals surface area (Å²) in [5.41, 5.74) is -0.371. The van der Waals surface area contributed by atoms with E-state index in [-0.39, 0.29) is 23.4 Å². The van der Waals surface area contributed by atoms with Gasteiger partial charge in [0.1, 0.15) is 12.4 Å². The molecule has 0 saturated carbocycles. The molecule has 3 aliphatic heterocycles. The lowest BCUT2D eigenvalue weighted by molar-refractivity contribution is -0.147. The fourth-order valence-corrected chi connectivity index (χ4v) is 5.92. The maximum absolute atomic E-state index is 13.8. The topological polar surface area (TPSA) is 58.4 Å². The minimum absolute atomic E-state index is 0.0667. The number of aromatic nitrogens is 2. The van der Waals surface area contributed by atoms with Crippen LogP contribution in [-0.2, 0) is 16.1 Å². The molecule has 1 aromatic rings. The molecule has 3 saturated heterocycles.